The standard InChI is InChI=1S/C13H26N2O3/c1-10-4-3-5-12(6-10)18-9-11(16)7-15-8-13(17)14-2/h10-12,15-16H,3-9H2,1-2H3,(H,14,17). The van der Waals surface area contributed by atoms with Crippen LogP contribution in [-0.4, -0.2) is 50.0 Å². The van der Waals surface area contributed by atoms with Crippen molar-refractivity contribution >= 4 is 5.91 Å². The highest BCUT2D eigenvalue weighted by Crippen LogP contribution is 2.25. The summed E-state index contributed by atoms with van der Waals surface area (Å²) in [4.78, 5) is 10.9. The average Bonchev–Trinajstić information content (AvgIpc) is 2.36. The molecule has 5 nitrogen and oxygen atoms in total. The van der Waals surface area contributed by atoms with Crippen LogP contribution in [0.15, 0.2) is 0 Å². The van der Waals surface area contributed by atoms with Crippen molar-refractivity contribution in [1.82, 2.24) is 10.6 Å². The maximum absolute atomic E-state index is 10.9. The summed E-state index contributed by atoms with van der Waals surface area (Å²) in [5, 5.41) is 15.1. The molecule has 0 aromatic rings. The Kier molecular flexibility index (Phi) is 7.23. The first-order chi connectivity index (χ1) is 8.61. The molecule has 3 atom stereocenters. The zero-order valence-corrected chi connectivity index (χ0v) is 11.4. The lowest BCUT2D eigenvalue weighted by molar-refractivity contribution is -0.119. The van der Waals surface area contributed by atoms with Gasteiger partial charge >= 0.3 is 0 Å². The van der Waals surface area contributed by atoms with Crippen LogP contribution in [0.5, 0.6) is 0 Å². The number of aliphatic hydroxyl groups is 1. The van der Waals surface area contributed by atoms with Gasteiger partial charge in [0.05, 0.1) is 25.4 Å². The van der Waals surface area contributed by atoms with E-state index in [4.69, 9.17) is 4.74 Å². The lowest BCUT2D eigenvalue weighted by Gasteiger charge is -2.27. The average molecular weight is 258 g/mol. The quantitative estimate of drug-likeness (QED) is 0.613. The minimum Gasteiger partial charge on any atom is -0.389 e. The van der Waals surface area contributed by atoms with Crippen LogP contribution in [0.2, 0.25) is 0 Å². The summed E-state index contributed by atoms with van der Waals surface area (Å²) in [5.74, 6) is 0.650. The molecular weight excluding hydrogens is 232 g/mol. The van der Waals surface area contributed by atoms with Crippen LogP contribution in [-0.2, 0) is 9.53 Å². The molecule has 3 N–H and O–H groups in total. The number of rotatable bonds is 7. The predicted octanol–water partition coefficient (Wildman–Crippen LogP) is 0.278. The predicted molar refractivity (Wildman–Crippen MR) is 70.3 cm³/mol. The summed E-state index contributed by atoms with van der Waals surface area (Å²) < 4.78 is 5.71. The number of aliphatic hydroxyl groups excluding tert-OH is 1. The number of carbonyl (C=O) groups is 1. The van der Waals surface area contributed by atoms with Gasteiger partial charge in [-0.2, -0.15) is 0 Å². The number of hydrogen-bond acceptors (Lipinski definition) is 4. The molecule has 0 saturated heterocycles. The largest absolute Gasteiger partial charge is 0.389 e. The van der Waals surface area contributed by atoms with Gasteiger partial charge in [0.2, 0.25) is 5.91 Å². The summed E-state index contributed by atoms with van der Waals surface area (Å²) in [6.45, 7) is 3.21. The number of amides is 1. The van der Waals surface area contributed by atoms with Crippen molar-refractivity contribution in [2.75, 3.05) is 26.7 Å². The summed E-state index contributed by atoms with van der Waals surface area (Å²) in [7, 11) is 1.59. The van der Waals surface area contributed by atoms with E-state index < -0.39 is 6.10 Å². The molecule has 1 amide bonds. The molecule has 1 saturated carbocycles. The Bertz CT molecular complexity index is 248. The fraction of sp³-hybridized carbons (Fsp3) is 0.923. The molecule has 0 aromatic heterocycles. The highest BCUT2D eigenvalue weighted by molar-refractivity contribution is 5.77. The van der Waals surface area contributed by atoms with Crippen molar-refractivity contribution in [3.8, 4) is 0 Å². The van der Waals surface area contributed by atoms with Gasteiger partial charge in [0.25, 0.3) is 0 Å². The molecule has 0 spiro atoms. The molecule has 18 heavy (non-hydrogen) atoms. The van der Waals surface area contributed by atoms with E-state index in [1.807, 2.05) is 0 Å². The SMILES string of the molecule is CNC(=O)CNCC(O)COC1CCCC(C)C1. The van der Waals surface area contributed by atoms with E-state index in [-0.39, 0.29) is 12.5 Å². The third-order valence-corrected chi connectivity index (χ3v) is 3.36. The molecule has 3 unspecified atom stereocenters. The van der Waals surface area contributed by atoms with Gasteiger partial charge in [-0.25, -0.2) is 0 Å². The normalized spacial score (nSPS) is 25.7. The zero-order chi connectivity index (χ0) is 13.4. The highest BCUT2D eigenvalue weighted by Gasteiger charge is 2.20. The van der Waals surface area contributed by atoms with Crippen LogP contribution in [0.4, 0.5) is 0 Å². The number of carbonyl (C=O) groups excluding carboxylic acids is 1. The van der Waals surface area contributed by atoms with E-state index in [0.717, 1.165) is 18.8 Å². The third-order valence-electron chi connectivity index (χ3n) is 3.36. The first kappa shape index (κ1) is 15.4. The molecule has 0 aromatic carbocycles. The fourth-order valence-electron chi connectivity index (χ4n) is 2.28. The summed E-state index contributed by atoms with van der Waals surface area (Å²) in [6.07, 6.45) is 4.45. The van der Waals surface area contributed by atoms with E-state index in [1.165, 1.54) is 12.8 Å². The van der Waals surface area contributed by atoms with E-state index in [0.29, 0.717) is 19.3 Å². The summed E-state index contributed by atoms with van der Waals surface area (Å²) >= 11 is 0. The number of likely N-dealkylation sites (N-methyl/N-ethyl adjacent to an activating group) is 1. The lowest BCUT2D eigenvalue weighted by Crippen LogP contribution is -2.38. The molecule has 0 bridgehead atoms. The molecule has 0 radical (unpaired) electrons. The van der Waals surface area contributed by atoms with Gasteiger partial charge in [0, 0.05) is 13.6 Å². The van der Waals surface area contributed by atoms with Crippen molar-refractivity contribution in [1.29, 1.82) is 0 Å². The second kappa shape index (κ2) is 8.45. The third kappa shape index (κ3) is 6.33. The number of hydrogen-bond donors (Lipinski definition) is 3. The highest BCUT2D eigenvalue weighted by atomic mass is 16.5. The Morgan fingerprint density at radius 2 is 2.28 bits per heavy atom. The van der Waals surface area contributed by atoms with Gasteiger partial charge in [-0.05, 0) is 18.8 Å². The molecule has 0 aliphatic heterocycles. The van der Waals surface area contributed by atoms with Gasteiger partial charge in [-0.3, -0.25) is 4.79 Å². The van der Waals surface area contributed by atoms with Crippen molar-refractivity contribution < 1.29 is 14.6 Å². The Hall–Kier alpha value is -0.650. The minimum absolute atomic E-state index is 0.0794. The van der Waals surface area contributed by atoms with Gasteiger partial charge in [0.15, 0.2) is 0 Å². The van der Waals surface area contributed by atoms with E-state index in [9.17, 15) is 9.90 Å². The van der Waals surface area contributed by atoms with E-state index >= 15 is 0 Å². The van der Waals surface area contributed by atoms with Gasteiger partial charge < -0.3 is 20.5 Å². The molecule has 106 valence electrons. The number of nitrogens with one attached hydrogen (secondary N) is 2. The Morgan fingerprint density at radius 1 is 1.50 bits per heavy atom. The molecule has 1 aliphatic carbocycles. The fourth-order valence-corrected chi connectivity index (χ4v) is 2.28. The van der Waals surface area contributed by atoms with Crippen LogP contribution in [0.3, 0.4) is 0 Å². The number of ether oxygens (including phenoxy) is 1. The molecular formula is C13H26N2O3. The molecule has 0 heterocycles. The van der Waals surface area contributed by atoms with Crippen LogP contribution in [0, 0.1) is 5.92 Å². The van der Waals surface area contributed by atoms with Crippen molar-refractivity contribution in [2.24, 2.45) is 5.92 Å². The Morgan fingerprint density at radius 3 is 2.94 bits per heavy atom. The van der Waals surface area contributed by atoms with Crippen LogP contribution >= 0.6 is 0 Å². The van der Waals surface area contributed by atoms with Crippen LogP contribution in [0.25, 0.3) is 0 Å². The topological polar surface area (TPSA) is 70.6 Å². The van der Waals surface area contributed by atoms with Crippen molar-refractivity contribution in [3.63, 3.8) is 0 Å². The van der Waals surface area contributed by atoms with Gasteiger partial charge in [0.1, 0.15) is 0 Å². The van der Waals surface area contributed by atoms with E-state index in [2.05, 4.69) is 17.6 Å². The monoisotopic (exact) mass is 258 g/mol. The lowest BCUT2D eigenvalue weighted by atomic mass is 9.89. The van der Waals surface area contributed by atoms with Gasteiger partial charge in [-0.15, -0.1) is 0 Å². The first-order valence-electron chi connectivity index (χ1n) is 6.82. The Labute approximate surface area is 109 Å². The van der Waals surface area contributed by atoms with Gasteiger partial charge in [-0.1, -0.05) is 19.8 Å². The zero-order valence-electron chi connectivity index (χ0n) is 11.4. The first-order valence-corrected chi connectivity index (χ1v) is 6.82. The molecule has 1 rings (SSSR count). The molecule has 5 heteroatoms. The Balaban J connectivity index is 2.05. The van der Waals surface area contributed by atoms with Crippen molar-refractivity contribution in [2.45, 2.75) is 44.8 Å². The maximum Gasteiger partial charge on any atom is 0.233 e. The summed E-state index contributed by atoms with van der Waals surface area (Å²) in [5.41, 5.74) is 0. The smallest absolute Gasteiger partial charge is 0.233 e. The van der Waals surface area contributed by atoms with Crippen LogP contribution < -0.4 is 10.6 Å². The molecule has 1 aliphatic rings. The molecule has 1 fully saturated rings. The second-order valence-corrected chi connectivity index (χ2v) is 5.19. The second-order valence-electron chi connectivity index (χ2n) is 5.19. The maximum atomic E-state index is 10.9. The van der Waals surface area contributed by atoms with Crippen molar-refractivity contribution in [3.05, 3.63) is 0 Å². The van der Waals surface area contributed by atoms with Crippen LogP contribution in [0.1, 0.15) is 32.6 Å². The van der Waals surface area contributed by atoms with E-state index in [1.54, 1.807) is 7.05 Å². The minimum atomic E-state index is -0.549. The summed E-state index contributed by atoms with van der Waals surface area (Å²) in [6, 6.07) is 0.